The fourth-order valence-electron chi connectivity index (χ4n) is 2.99. The summed E-state index contributed by atoms with van der Waals surface area (Å²) < 4.78 is 0. The Labute approximate surface area is 129 Å². The minimum absolute atomic E-state index is 0.0799. The van der Waals surface area contributed by atoms with E-state index in [0.29, 0.717) is 16.1 Å². The van der Waals surface area contributed by atoms with Crippen molar-refractivity contribution in [3.63, 3.8) is 0 Å². The summed E-state index contributed by atoms with van der Waals surface area (Å²) in [4.78, 5) is 14.5. The van der Waals surface area contributed by atoms with Crippen molar-refractivity contribution in [2.45, 2.75) is 25.3 Å². The average molecular weight is 313 g/mol. The van der Waals surface area contributed by atoms with Crippen LogP contribution in [0.25, 0.3) is 0 Å². The third-order valence-corrected chi connectivity index (χ3v) is 5.00. The first-order valence-corrected chi connectivity index (χ1v) is 7.79. The Balaban J connectivity index is 1.69. The summed E-state index contributed by atoms with van der Waals surface area (Å²) >= 11 is 12.3. The minimum atomic E-state index is 0.0799. The van der Waals surface area contributed by atoms with Crippen molar-refractivity contribution in [1.82, 2.24) is 10.2 Å². The highest BCUT2D eigenvalue weighted by Crippen LogP contribution is 2.51. The van der Waals surface area contributed by atoms with Crippen LogP contribution >= 0.6 is 23.2 Å². The van der Waals surface area contributed by atoms with Gasteiger partial charge in [0.15, 0.2) is 0 Å². The van der Waals surface area contributed by atoms with Gasteiger partial charge in [-0.15, -0.1) is 0 Å². The SMILES string of the molecule is CC1CN(C(=O)C2CC2c2cccc(Cl)c2Cl)CCN1. The molecule has 1 N–H and O–H groups in total. The van der Waals surface area contributed by atoms with Crippen LogP contribution in [0.1, 0.15) is 24.8 Å². The van der Waals surface area contributed by atoms with E-state index in [1.165, 1.54) is 0 Å². The number of rotatable bonds is 2. The lowest BCUT2D eigenvalue weighted by atomic mass is 10.1. The van der Waals surface area contributed by atoms with Gasteiger partial charge in [0.2, 0.25) is 5.91 Å². The van der Waals surface area contributed by atoms with Crippen molar-refractivity contribution in [2.24, 2.45) is 5.92 Å². The highest BCUT2D eigenvalue weighted by molar-refractivity contribution is 6.42. The fourth-order valence-corrected chi connectivity index (χ4v) is 3.43. The van der Waals surface area contributed by atoms with Gasteiger partial charge in [0.1, 0.15) is 0 Å². The van der Waals surface area contributed by atoms with Crippen LogP contribution < -0.4 is 5.32 Å². The molecule has 3 unspecified atom stereocenters. The molecule has 3 rings (SSSR count). The average Bonchev–Trinajstić information content (AvgIpc) is 3.21. The maximum Gasteiger partial charge on any atom is 0.226 e. The lowest BCUT2D eigenvalue weighted by molar-refractivity contribution is -0.133. The number of amides is 1. The Morgan fingerprint density at radius 2 is 2.20 bits per heavy atom. The van der Waals surface area contributed by atoms with E-state index in [1.807, 2.05) is 17.0 Å². The first kappa shape index (κ1) is 14.2. The molecule has 1 aromatic carbocycles. The predicted octanol–water partition coefficient (Wildman–Crippen LogP) is 2.92. The largest absolute Gasteiger partial charge is 0.340 e. The molecule has 3 atom stereocenters. The van der Waals surface area contributed by atoms with Crippen molar-refractivity contribution in [3.05, 3.63) is 33.8 Å². The first-order valence-electron chi connectivity index (χ1n) is 7.04. The van der Waals surface area contributed by atoms with Gasteiger partial charge in [-0.25, -0.2) is 0 Å². The highest BCUT2D eigenvalue weighted by Gasteiger charge is 2.47. The van der Waals surface area contributed by atoms with Crippen molar-refractivity contribution >= 4 is 29.1 Å². The van der Waals surface area contributed by atoms with Gasteiger partial charge in [-0.05, 0) is 30.9 Å². The molecule has 2 fully saturated rings. The van der Waals surface area contributed by atoms with E-state index in [0.717, 1.165) is 31.6 Å². The summed E-state index contributed by atoms with van der Waals surface area (Å²) in [6.07, 6.45) is 0.886. The van der Waals surface area contributed by atoms with Gasteiger partial charge in [-0.1, -0.05) is 35.3 Å². The quantitative estimate of drug-likeness (QED) is 0.910. The predicted molar refractivity (Wildman–Crippen MR) is 81.4 cm³/mol. The van der Waals surface area contributed by atoms with Gasteiger partial charge in [0.05, 0.1) is 10.0 Å². The van der Waals surface area contributed by atoms with Gasteiger partial charge < -0.3 is 10.2 Å². The normalized spacial score (nSPS) is 29.4. The summed E-state index contributed by atoms with van der Waals surface area (Å²) in [5.41, 5.74) is 1.01. The van der Waals surface area contributed by atoms with Crippen molar-refractivity contribution in [1.29, 1.82) is 0 Å². The molecular weight excluding hydrogens is 295 g/mol. The van der Waals surface area contributed by atoms with E-state index >= 15 is 0 Å². The molecule has 1 saturated heterocycles. The lowest BCUT2D eigenvalue weighted by Gasteiger charge is -2.32. The molecule has 20 heavy (non-hydrogen) atoms. The van der Waals surface area contributed by atoms with Crippen LogP contribution in [0, 0.1) is 5.92 Å². The number of nitrogens with zero attached hydrogens (tertiary/aromatic N) is 1. The molecule has 1 aliphatic heterocycles. The molecule has 3 nitrogen and oxygen atoms in total. The second-order valence-corrected chi connectivity index (χ2v) is 6.52. The summed E-state index contributed by atoms with van der Waals surface area (Å²) in [7, 11) is 0. The Morgan fingerprint density at radius 1 is 1.40 bits per heavy atom. The van der Waals surface area contributed by atoms with Crippen molar-refractivity contribution in [3.8, 4) is 0 Å². The number of hydrogen-bond donors (Lipinski definition) is 1. The van der Waals surface area contributed by atoms with E-state index in [1.54, 1.807) is 6.07 Å². The van der Waals surface area contributed by atoms with Gasteiger partial charge in [-0.3, -0.25) is 4.79 Å². The van der Waals surface area contributed by atoms with Gasteiger partial charge in [0.25, 0.3) is 0 Å². The molecule has 1 aliphatic carbocycles. The fraction of sp³-hybridized carbons (Fsp3) is 0.533. The number of carbonyl (C=O) groups is 1. The molecular formula is C15H18Cl2N2O. The molecule has 0 radical (unpaired) electrons. The number of halogens is 2. The van der Waals surface area contributed by atoms with E-state index in [2.05, 4.69) is 12.2 Å². The van der Waals surface area contributed by atoms with Crippen molar-refractivity contribution in [2.75, 3.05) is 19.6 Å². The van der Waals surface area contributed by atoms with Gasteiger partial charge in [0, 0.05) is 31.6 Å². The molecule has 1 heterocycles. The van der Waals surface area contributed by atoms with E-state index in [-0.39, 0.29) is 17.7 Å². The third-order valence-electron chi connectivity index (χ3n) is 4.17. The third kappa shape index (κ3) is 2.67. The maximum atomic E-state index is 12.5. The minimum Gasteiger partial charge on any atom is -0.340 e. The topological polar surface area (TPSA) is 32.3 Å². The molecule has 5 heteroatoms. The van der Waals surface area contributed by atoms with Crippen LogP contribution in [0.2, 0.25) is 10.0 Å². The molecule has 0 bridgehead atoms. The number of piperazine rings is 1. The zero-order valence-corrected chi connectivity index (χ0v) is 12.9. The number of benzene rings is 1. The second-order valence-electron chi connectivity index (χ2n) is 5.73. The first-order chi connectivity index (χ1) is 9.58. The highest BCUT2D eigenvalue weighted by atomic mass is 35.5. The zero-order chi connectivity index (χ0) is 14.3. The van der Waals surface area contributed by atoms with E-state index < -0.39 is 0 Å². The number of nitrogens with one attached hydrogen (secondary N) is 1. The summed E-state index contributed by atoms with van der Waals surface area (Å²) in [6.45, 7) is 4.58. The molecule has 1 aromatic rings. The van der Waals surface area contributed by atoms with Crippen LogP contribution in [0.5, 0.6) is 0 Å². The summed E-state index contributed by atoms with van der Waals surface area (Å²) in [5, 5.41) is 4.52. The smallest absolute Gasteiger partial charge is 0.226 e. The van der Waals surface area contributed by atoms with Crippen LogP contribution in [0.15, 0.2) is 18.2 Å². The molecule has 1 saturated carbocycles. The van der Waals surface area contributed by atoms with Gasteiger partial charge in [-0.2, -0.15) is 0 Å². The summed E-state index contributed by atoms with van der Waals surface area (Å²) in [5.74, 6) is 0.578. The summed E-state index contributed by atoms with van der Waals surface area (Å²) in [6, 6.07) is 6.03. The van der Waals surface area contributed by atoms with Gasteiger partial charge >= 0.3 is 0 Å². The molecule has 1 amide bonds. The van der Waals surface area contributed by atoms with Crippen LogP contribution in [0.3, 0.4) is 0 Å². The van der Waals surface area contributed by atoms with Crippen molar-refractivity contribution < 1.29 is 4.79 Å². The second kappa shape index (κ2) is 5.55. The van der Waals surface area contributed by atoms with E-state index in [4.69, 9.17) is 23.2 Å². The molecule has 0 spiro atoms. The Kier molecular flexibility index (Phi) is 3.93. The standard InChI is InChI=1S/C15H18Cl2N2O/c1-9-8-19(6-5-18-9)15(20)12-7-11(12)10-3-2-4-13(16)14(10)17/h2-4,9,11-12,18H,5-8H2,1H3. The lowest BCUT2D eigenvalue weighted by Crippen LogP contribution is -2.51. The monoisotopic (exact) mass is 312 g/mol. The van der Waals surface area contributed by atoms with E-state index in [9.17, 15) is 4.79 Å². The van der Waals surface area contributed by atoms with Crippen LogP contribution in [0.4, 0.5) is 0 Å². The molecule has 2 aliphatic rings. The Hall–Kier alpha value is -0.770. The number of carbonyl (C=O) groups excluding carboxylic acids is 1. The van der Waals surface area contributed by atoms with Crippen LogP contribution in [-0.4, -0.2) is 36.5 Å². The maximum absolute atomic E-state index is 12.5. The number of hydrogen-bond acceptors (Lipinski definition) is 2. The molecule has 0 aromatic heterocycles. The Bertz CT molecular complexity index is 535. The van der Waals surface area contributed by atoms with Crippen LogP contribution in [-0.2, 0) is 4.79 Å². The Morgan fingerprint density at radius 3 is 2.95 bits per heavy atom. The zero-order valence-electron chi connectivity index (χ0n) is 11.4. The molecule has 108 valence electrons.